The fourth-order valence-electron chi connectivity index (χ4n) is 3.16. The molecular formula is C18H30FN3O3. The van der Waals surface area contributed by atoms with Crippen molar-refractivity contribution in [3.8, 4) is 0 Å². The second-order valence-electron chi connectivity index (χ2n) is 6.92. The number of aliphatic hydroxyl groups is 2. The Hall–Kier alpha value is -1.09. The average Bonchev–Trinajstić information content (AvgIpc) is 2.90. The van der Waals surface area contributed by atoms with Gasteiger partial charge in [0.2, 0.25) is 0 Å². The molecule has 7 heteroatoms. The number of aliphatic hydroxyl groups excluding tert-OH is 2. The number of ether oxygens (including phenoxy) is 1. The summed E-state index contributed by atoms with van der Waals surface area (Å²) in [4.78, 5) is 4.18. The number of hydrogen-bond donors (Lipinski definition) is 3. The van der Waals surface area contributed by atoms with Gasteiger partial charge in [0.1, 0.15) is 18.0 Å². The predicted molar refractivity (Wildman–Crippen MR) is 94.8 cm³/mol. The molecule has 1 saturated heterocycles. The molecule has 0 aromatic heterocycles. The number of rotatable bonds is 9. The van der Waals surface area contributed by atoms with Gasteiger partial charge in [0.25, 0.3) is 0 Å². The summed E-state index contributed by atoms with van der Waals surface area (Å²) < 4.78 is 18.8. The maximum absolute atomic E-state index is 12.9. The molecule has 6 nitrogen and oxygen atoms in total. The Morgan fingerprint density at radius 3 is 2.40 bits per heavy atom. The molecule has 2 rings (SSSR count). The van der Waals surface area contributed by atoms with Gasteiger partial charge in [0.15, 0.2) is 0 Å². The van der Waals surface area contributed by atoms with Crippen LogP contribution in [0.1, 0.15) is 5.56 Å². The number of likely N-dealkylation sites (N-methyl/N-ethyl adjacent to an activating group) is 2. The fourth-order valence-corrected chi connectivity index (χ4v) is 3.16. The number of halogens is 1. The topological polar surface area (TPSA) is 68.2 Å². The first-order chi connectivity index (χ1) is 11.9. The van der Waals surface area contributed by atoms with E-state index in [9.17, 15) is 14.6 Å². The number of nitrogens with zero attached hydrogens (tertiary/aromatic N) is 2. The van der Waals surface area contributed by atoms with Crippen LogP contribution < -0.4 is 5.32 Å². The van der Waals surface area contributed by atoms with Crippen LogP contribution in [0.5, 0.6) is 0 Å². The Balaban J connectivity index is 1.91. The van der Waals surface area contributed by atoms with Gasteiger partial charge in [-0.2, -0.15) is 0 Å². The number of nitrogens with one attached hydrogen (secondary N) is 1. The smallest absolute Gasteiger partial charge is 0.123 e. The zero-order chi connectivity index (χ0) is 18.4. The van der Waals surface area contributed by atoms with Crippen molar-refractivity contribution in [1.29, 1.82) is 0 Å². The highest BCUT2D eigenvalue weighted by atomic mass is 19.1. The number of hydrogen-bond acceptors (Lipinski definition) is 6. The summed E-state index contributed by atoms with van der Waals surface area (Å²) in [5, 5.41) is 23.2. The van der Waals surface area contributed by atoms with Gasteiger partial charge < -0.3 is 25.2 Å². The van der Waals surface area contributed by atoms with Crippen molar-refractivity contribution in [3.63, 3.8) is 0 Å². The van der Waals surface area contributed by atoms with Crippen molar-refractivity contribution < 1.29 is 19.3 Å². The lowest BCUT2D eigenvalue weighted by Crippen LogP contribution is -2.50. The molecular weight excluding hydrogens is 325 g/mol. The van der Waals surface area contributed by atoms with Crippen LogP contribution in [0.2, 0.25) is 0 Å². The van der Waals surface area contributed by atoms with Gasteiger partial charge in [-0.1, -0.05) is 12.1 Å². The zero-order valence-corrected chi connectivity index (χ0v) is 15.2. The van der Waals surface area contributed by atoms with Crippen LogP contribution >= 0.6 is 0 Å². The highest BCUT2D eigenvalue weighted by Gasteiger charge is 2.44. The monoisotopic (exact) mass is 355 g/mol. The predicted octanol–water partition coefficient (Wildman–Crippen LogP) is -0.102. The van der Waals surface area contributed by atoms with Gasteiger partial charge in [-0.15, -0.1) is 0 Å². The molecule has 142 valence electrons. The van der Waals surface area contributed by atoms with E-state index in [0.29, 0.717) is 13.1 Å². The molecule has 1 aromatic rings. The van der Waals surface area contributed by atoms with Gasteiger partial charge in [0.05, 0.1) is 18.8 Å². The maximum Gasteiger partial charge on any atom is 0.123 e. The molecule has 4 atom stereocenters. The first kappa shape index (κ1) is 20.2. The standard InChI is InChI=1S/C18H30FN3O3/c1-21(2)8-9-22(3)17-15(25-16(12-23)18(17)24)11-20-10-13-4-6-14(19)7-5-13/h4-7,15-18,20,23-24H,8-12H2,1-3H3. The number of benzene rings is 1. The summed E-state index contributed by atoms with van der Waals surface area (Å²) in [6.45, 7) is 2.60. The molecule has 25 heavy (non-hydrogen) atoms. The van der Waals surface area contributed by atoms with Crippen molar-refractivity contribution in [2.75, 3.05) is 47.4 Å². The summed E-state index contributed by atoms with van der Waals surface area (Å²) in [5.41, 5.74) is 0.983. The molecule has 0 aliphatic carbocycles. The Kier molecular flexibility index (Phi) is 7.74. The second kappa shape index (κ2) is 9.56. The van der Waals surface area contributed by atoms with Crippen molar-refractivity contribution in [1.82, 2.24) is 15.1 Å². The minimum atomic E-state index is -0.727. The lowest BCUT2D eigenvalue weighted by molar-refractivity contribution is -0.0213. The molecule has 1 aliphatic rings. The quantitative estimate of drug-likeness (QED) is 0.575. The highest BCUT2D eigenvalue weighted by molar-refractivity contribution is 5.15. The molecule has 0 amide bonds. The van der Waals surface area contributed by atoms with Crippen molar-refractivity contribution in [2.45, 2.75) is 30.9 Å². The molecule has 1 fully saturated rings. The lowest BCUT2D eigenvalue weighted by Gasteiger charge is -2.31. The first-order valence-corrected chi connectivity index (χ1v) is 8.67. The van der Waals surface area contributed by atoms with E-state index in [1.807, 2.05) is 21.1 Å². The minimum absolute atomic E-state index is 0.183. The van der Waals surface area contributed by atoms with E-state index in [1.165, 1.54) is 12.1 Å². The minimum Gasteiger partial charge on any atom is -0.394 e. The molecule has 1 aliphatic heterocycles. The summed E-state index contributed by atoms with van der Waals surface area (Å²) in [5.74, 6) is -0.251. The van der Waals surface area contributed by atoms with Crippen molar-refractivity contribution in [2.24, 2.45) is 0 Å². The Morgan fingerprint density at radius 2 is 1.80 bits per heavy atom. The Morgan fingerprint density at radius 1 is 1.12 bits per heavy atom. The molecule has 0 bridgehead atoms. The summed E-state index contributed by atoms with van der Waals surface area (Å²) in [6.07, 6.45) is -1.51. The van der Waals surface area contributed by atoms with Gasteiger partial charge in [-0.05, 0) is 38.8 Å². The third kappa shape index (κ3) is 5.70. The molecule has 0 radical (unpaired) electrons. The van der Waals surface area contributed by atoms with Crippen LogP contribution in [0.4, 0.5) is 4.39 Å². The van der Waals surface area contributed by atoms with Crippen molar-refractivity contribution in [3.05, 3.63) is 35.6 Å². The van der Waals surface area contributed by atoms with E-state index < -0.39 is 12.2 Å². The second-order valence-corrected chi connectivity index (χ2v) is 6.92. The average molecular weight is 355 g/mol. The van der Waals surface area contributed by atoms with Crippen LogP contribution in [-0.4, -0.2) is 91.8 Å². The summed E-state index contributed by atoms with van der Waals surface area (Å²) >= 11 is 0. The van der Waals surface area contributed by atoms with Crippen LogP contribution in [-0.2, 0) is 11.3 Å². The van der Waals surface area contributed by atoms with E-state index >= 15 is 0 Å². The van der Waals surface area contributed by atoms with Crippen LogP contribution in [0.15, 0.2) is 24.3 Å². The van der Waals surface area contributed by atoms with Crippen LogP contribution in [0.25, 0.3) is 0 Å². The molecule has 3 N–H and O–H groups in total. The Labute approximate surface area is 149 Å². The van der Waals surface area contributed by atoms with E-state index in [2.05, 4.69) is 15.1 Å². The first-order valence-electron chi connectivity index (χ1n) is 8.67. The van der Waals surface area contributed by atoms with Crippen LogP contribution in [0, 0.1) is 5.82 Å². The van der Waals surface area contributed by atoms with Crippen LogP contribution in [0.3, 0.4) is 0 Å². The summed E-state index contributed by atoms with van der Waals surface area (Å²) in [6, 6.07) is 6.17. The maximum atomic E-state index is 12.9. The highest BCUT2D eigenvalue weighted by Crippen LogP contribution is 2.24. The zero-order valence-electron chi connectivity index (χ0n) is 15.2. The van der Waals surface area contributed by atoms with Gasteiger partial charge in [0, 0.05) is 26.2 Å². The fraction of sp³-hybridized carbons (Fsp3) is 0.667. The molecule has 1 aromatic carbocycles. The largest absolute Gasteiger partial charge is 0.394 e. The SMILES string of the molecule is CN(C)CCN(C)C1C(CNCc2ccc(F)cc2)OC(CO)C1O. The Bertz CT molecular complexity index is 515. The van der Waals surface area contributed by atoms with E-state index in [0.717, 1.165) is 18.7 Å². The van der Waals surface area contributed by atoms with Crippen molar-refractivity contribution >= 4 is 0 Å². The lowest BCUT2D eigenvalue weighted by atomic mass is 10.0. The normalized spacial score (nSPS) is 26.7. The van der Waals surface area contributed by atoms with E-state index in [1.54, 1.807) is 12.1 Å². The molecule has 0 saturated carbocycles. The van der Waals surface area contributed by atoms with E-state index in [4.69, 9.17) is 4.74 Å². The molecule has 4 unspecified atom stereocenters. The third-order valence-corrected chi connectivity index (χ3v) is 4.64. The van der Waals surface area contributed by atoms with Gasteiger partial charge >= 0.3 is 0 Å². The molecule has 0 spiro atoms. The van der Waals surface area contributed by atoms with Gasteiger partial charge in [-0.25, -0.2) is 4.39 Å². The van der Waals surface area contributed by atoms with Gasteiger partial charge in [-0.3, -0.25) is 4.90 Å². The molecule has 1 heterocycles. The summed E-state index contributed by atoms with van der Waals surface area (Å²) in [7, 11) is 5.98. The van der Waals surface area contributed by atoms with E-state index in [-0.39, 0.29) is 24.6 Å². The third-order valence-electron chi connectivity index (χ3n) is 4.64.